The minimum absolute atomic E-state index is 0.855. The molecule has 3 nitrogen and oxygen atoms in total. The number of benzene rings is 3. The lowest BCUT2D eigenvalue weighted by atomic mass is 9.93. The second-order valence-electron chi connectivity index (χ2n) is 6.52. The summed E-state index contributed by atoms with van der Waals surface area (Å²) in [7, 11) is 3.80. The first-order valence-corrected chi connectivity index (χ1v) is 8.39. The molecule has 0 unspecified atom stereocenters. The Bertz CT molecular complexity index is 1180. The Morgan fingerprint density at radius 2 is 1.80 bits per heavy atom. The van der Waals surface area contributed by atoms with Gasteiger partial charge in [0.1, 0.15) is 18.5 Å². The monoisotopic (exact) mass is 328 g/mol. The van der Waals surface area contributed by atoms with Crippen molar-refractivity contribution in [3.8, 4) is 28.5 Å². The smallest absolute Gasteiger partial charge is 0.256 e. The summed E-state index contributed by atoms with van der Waals surface area (Å²) in [6.07, 6.45) is 0. The van der Waals surface area contributed by atoms with Crippen LogP contribution in [0.1, 0.15) is 5.56 Å². The number of rotatable bonds is 1. The number of pyridine rings is 1. The van der Waals surface area contributed by atoms with Crippen LogP contribution in [0.3, 0.4) is 0 Å². The maximum atomic E-state index is 6.32. The van der Waals surface area contributed by atoms with Crippen LogP contribution < -0.4 is 14.0 Å². The van der Waals surface area contributed by atoms with Crippen LogP contribution in [0.2, 0.25) is 0 Å². The first-order valence-electron chi connectivity index (χ1n) is 8.39. The van der Waals surface area contributed by atoms with E-state index >= 15 is 0 Å². The number of ether oxygens (including phenoxy) is 2. The van der Waals surface area contributed by atoms with Crippen LogP contribution in [-0.4, -0.2) is 7.11 Å². The first-order chi connectivity index (χ1) is 12.2. The average Bonchev–Trinajstić information content (AvgIpc) is 2.63. The highest BCUT2D eigenvalue weighted by atomic mass is 16.5. The number of hydrogen-bond acceptors (Lipinski definition) is 2. The number of nitrogens with zero attached hydrogens (tertiary/aromatic N) is 1. The lowest BCUT2D eigenvalue weighted by Gasteiger charge is -2.21. The van der Waals surface area contributed by atoms with Crippen molar-refractivity contribution in [3.63, 3.8) is 0 Å². The standard InChI is InChI=1S/C22H18NO2/c1-13-10-11-14-6-4-9-18-21(14)20(13)22-19(25-18)12-15-16(23(22)2)7-5-8-17(15)24-3/h4-12H,1-3H3/q+1. The second-order valence-corrected chi connectivity index (χ2v) is 6.52. The van der Waals surface area contributed by atoms with Gasteiger partial charge in [0.2, 0.25) is 5.52 Å². The topological polar surface area (TPSA) is 22.3 Å². The molecule has 2 heterocycles. The van der Waals surface area contributed by atoms with Gasteiger partial charge in [-0.05, 0) is 30.0 Å². The Labute approximate surface area is 146 Å². The molecule has 25 heavy (non-hydrogen) atoms. The van der Waals surface area contributed by atoms with E-state index in [1.54, 1.807) is 7.11 Å². The van der Waals surface area contributed by atoms with Gasteiger partial charge >= 0.3 is 0 Å². The number of hydrogen-bond donors (Lipinski definition) is 0. The van der Waals surface area contributed by atoms with E-state index in [9.17, 15) is 0 Å². The molecule has 1 aliphatic heterocycles. The Balaban J connectivity index is 1.98. The molecule has 5 rings (SSSR count). The van der Waals surface area contributed by atoms with E-state index in [1.807, 2.05) is 24.3 Å². The lowest BCUT2D eigenvalue weighted by molar-refractivity contribution is -0.633. The maximum Gasteiger partial charge on any atom is 0.256 e. The normalized spacial score (nSPS) is 12.1. The zero-order valence-corrected chi connectivity index (χ0v) is 14.5. The van der Waals surface area contributed by atoms with E-state index in [0.29, 0.717) is 0 Å². The third-order valence-electron chi connectivity index (χ3n) is 5.14. The molecule has 0 bridgehead atoms. The summed E-state index contributed by atoms with van der Waals surface area (Å²) in [6.45, 7) is 2.16. The molecule has 0 spiro atoms. The fourth-order valence-corrected chi connectivity index (χ4v) is 3.96. The van der Waals surface area contributed by atoms with Gasteiger partial charge in [0, 0.05) is 17.5 Å². The van der Waals surface area contributed by atoms with Crippen LogP contribution in [0.15, 0.2) is 54.6 Å². The maximum absolute atomic E-state index is 6.32. The number of aryl methyl sites for hydroxylation is 2. The van der Waals surface area contributed by atoms with Crippen molar-refractivity contribution in [1.29, 1.82) is 0 Å². The summed E-state index contributed by atoms with van der Waals surface area (Å²) in [5.41, 5.74) is 4.74. The van der Waals surface area contributed by atoms with E-state index < -0.39 is 0 Å². The predicted molar refractivity (Wildman–Crippen MR) is 99.4 cm³/mol. The summed E-state index contributed by atoms with van der Waals surface area (Å²) in [5.74, 6) is 2.64. The van der Waals surface area contributed by atoms with Crippen LogP contribution in [0.25, 0.3) is 32.9 Å². The summed E-state index contributed by atoms with van der Waals surface area (Å²) in [6, 6.07) is 18.8. The van der Waals surface area contributed by atoms with Crippen molar-refractivity contribution in [2.45, 2.75) is 6.92 Å². The zero-order valence-electron chi connectivity index (χ0n) is 14.5. The molecule has 122 valence electrons. The highest BCUT2D eigenvalue weighted by molar-refractivity contribution is 6.04. The molecule has 1 aliphatic rings. The summed E-state index contributed by atoms with van der Waals surface area (Å²) in [4.78, 5) is 0. The Hall–Kier alpha value is -3.07. The van der Waals surface area contributed by atoms with Gasteiger partial charge in [-0.3, -0.25) is 0 Å². The third kappa shape index (κ3) is 1.84. The van der Waals surface area contributed by atoms with Gasteiger partial charge in [-0.1, -0.05) is 30.3 Å². The molecule has 3 aromatic carbocycles. The Morgan fingerprint density at radius 1 is 0.960 bits per heavy atom. The molecule has 0 saturated heterocycles. The molecule has 0 atom stereocenters. The van der Waals surface area contributed by atoms with Gasteiger partial charge in [-0.15, -0.1) is 0 Å². The van der Waals surface area contributed by atoms with Crippen LogP contribution >= 0.6 is 0 Å². The SMILES string of the molecule is COc1cccc2c1cc1c([n+]2C)-c2c(C)ccc3cccc(c23)O1. The predicted octanol–water partition coefficient (Wildman–Crippen LogP) is 4.91. The largest absolute Gasteiger partial charge is 0.496 e. The molecule has 0 fully saturated rings. The molecule has 4 aromatic rings. The minimum Gasteiger partial charge on any atom is -0.496 e. The second kappa shape index (κ2) is 4.96. The van der Waals surface area contributed by atoms with Crippen LogP contribution in [0.4, 0.5) is 0 Å². The van der Waals surface area contributed by atoms with Gasteiger partial charge in [0.25, 0.3) is 5.69 Å². The molecule has 0 aliphatic carbocycles. The third-order valence-corrected chi connectivity index (χ3v) is 5.14. The van der Waals surface area contributed by atoms with E-state index in [0.717, 1.165) is 33.8 Å². The first kappa shape index (κ1) is 14.3. The zero-order chi connectivity index (χ0) is 17.1. The fraction of sp³-hybridized carbons (Fsp3) is 0.136. The van der Waals surface area contributed by atoms with Crippen LogP contribution in [0.5, 0.6) is 17.2 Å². The van der Waals surface area contributed by atoms with Crippen LogP contribution in [0, 0.1) is 6.92 Å². The minimum atomic E-state index is 0.855. The van der Waals surface area contributed by atoms with E-state index in [4.69, 9.17) is 9.47 Å². The Morgan fingerprint density at radius 3 is 2.64 bits per heavy atom. The molecule has 0 saturated carbocycles. The highest BCUT2D eigenvalue weighted by Crippen LogP contribution is 2.47. The van der Waals surface area contributed by atoms with Gasteiger partial charge in [0.05, 0.1) is 18.1 Å². The van der Waals surface area contributed by atoms with Crippen molar-refractivity contribution >= 4 is 21.7 Å². The van der Waals surface area contributed by atoms with Crippen molar-refractivity contribution in [2.24, 2.45) is 7.05 Å². The van der Waals surface area contributed by atoms with E-state index in [2.05, 4.69) is 48.9 Å². The summed E-state index contributed by atoms with van der Waals surface area (Å²) >= 11 is 0. The van der Waals surface area contributed by atoms with Crippen molar-refractivity contribution in [2.75, 3.05) is 7.11 Å². The van der Waals surface area contributed by atoms with E-state index in [1.165, 1.54) is 21.9 Å². The van der Waals surface area contributed by atoms with Gasteiger partial charge in [-0.2, -0.15) is 4.57 Å². The number of aromatic nitrogens is 1. The number of methoxy groups -OCH3 is 1. The quantitative estimate of drug-likeness (QED) is 0.408. The van der Waals surface area contributed by atoms with Crippen molar-refractivity contribution in [1.82, 2.24) is 0 Å². The molecular weight excluding hydrogens is 310 g/mol. The van der Waals surface area contributed by atoms with Gasteiger partial charge in [-0.25, -0.2) is 0 Å². The highest BCUT2D eigenvalue weighted by Gasteiger charge is 2.31. The lowest BCUT2D eigenvalue weighted by Crippen LogP contribution is -2.33. The van der Waals surface area contributed by atoms with Crippen LogP contribution in [-0.2, 0) is 7.05 Å². The van der Waals surface area contributed by atoms with Crippen molar-refractivity contribution in [3.05, 3.63) is 60.2 Å². The molecule has 0 N–H and O–H groups in total. The molecule has 1 aromatic heterocycles. The van der Waals surface area contributed by atoms with Gasteiger partial charge in [0.15, 0.2) is 5.75 Å². The summed E-state index contributed by atoms with van der Waals surface area (Å²) in [5, 5.41) is 3.44. The number of fused-ring (bicyclic) bond motifs is 3. The molecule has 3 heteroatoms. The molecular formula is C22H18NO2+. The van der Waals surface area contributed by atoms with Crippen molar-refractivity contribution < 1.29 is 14.0 Å². The van der Waals surface area contributed by atoms with Gasteiger partial charge < -0.3 is 9.47 Å². The average molecular weight is 328 g/mol. The Kier molecular flexibility index (Phi) is 2.84. The van der Waals surface area contributed by atoms with E-state index in [-0.39, 0.29) is 0 Å². The molecule has 0 amide bonds. The molecule has 0 radical (unpaired) electrons. The fourth-order valence-electron chi connectivity index (χ4n) is 3.96. The summed E-state index contributed by atoms with van der Waals surface area (Å²) < 4.78 is 14.1.